The molecule has 0 spiro atoms. The molecule has 2 aromatic rings. The van der Waals surface area contributed by atoms with Crippen LogP contribution in [0.4, 0.5) is 14.5 Å². The van der Waals surface area contributed by atoms with Crippen molar-refractivity contribution in [2.75, 3.05) is 19.0 Å². The first-order valence-corrected chi connectivity index (χ1v) is 13.4. The third-order valence-corrected chi connectivity index (χ3v) is 6.65. The molecule has 0 unspecified atom stereocenters. The molecule has 0 aliphatic carbocycles. The Hall–Kier alpha value is -3.78. The number of thioether (sulfide) groups is 1. The largest absolute Gasteiger partial charge is 0.480 e. The van der Waals surface area contributed by atoms with Crippen LogP contribution < -0.4 is 16.0 Å². The Morgan fingerprint density at radius 1 is 1.03 bits per heavy atom. The van der Waals surface area contributed by atoms with Crippen molar-refractivity contribution in [2.45, 2.75) is 40.5 Å². The molecule has 0 heterocycles. The maximum atomic E-state index is 14.9. The van der Waals surface area contributed by atoms with E-state index >= 15 is 0 Å². The Morgan fingerprint density at radius 2 is 1.74 bits per heavy atom. The summed E-state index contributed by atoms with van der Waals surface area (Å²) in [5, 5.41) is 9.82. The Bertz CT molecular complexity index is 1310. The fraction of sp³-hybridized carbons (Fsp3) is 0.258. The second kappa shape index (κ2) is 15.0. The highest BCUT2D eigenvalue weighted by Crippen LogP contribution is 2.31. The molecule has 8 heteroatoms. The third kappa shape index (κ3) is 9.18. The summed E-state index contributed by atoms with van der Waals surface area (Å²) in [6.45, 7) is 24.6. The van der Waals surface area contributed by atoms with Crippen molar-refractivity contribution >= 4 is 34.7 Å². The summed E-state index contributed by atoms with van der Waals surface area (Å²) in [4.78, 5) is 5.13. The van der Waals surface area contributed by atoms with Crippen molar-refractivity contribution in [2.24, 2.45) is 4.99 Å². The zero-order valence-electron chi connectivity index (χ0n) is 23.4. The van der Waals surface area contributed by atoms with Gasteiger partial charge in [-0.25, -0.2) is 13.8 Å². The number of hydrogen-bond donors (Lipinski definition) is 3. The topological polar surface area (TPSA) is 57.7 Å². The molecular formula is C31H38F2N4OS. The van der Waals surface area contributed by atoms with Crippen molar-refractivity contribution in [3.8, 4) is 0 Å². The molecule has 5 nitrogen and oxygen atoms in total. The first-order valence-electron chi connectivity index (χ1n) is 12.6. The van der Waals surface area contributed by atoms with E-state index in [2.05, 4.69) is 61.1 Å². The number of rotatable bonds is 14. The van der Waals surface area contributed by atoms with Crippen LogP contribution in [0.1, 0.15) is 50.8 Å². The quantitative estimate of drug-likeness (QED) is 0.163. The number of anilines is 1. The molecule has 0 amide bonds. The molecule has 0 saturated heterocycles. The number of methoxy groups -OCH3 is 1. The Labute approximate surface area is 235 Å². The number of benzene rings is 2. The molecule has 3 N–H and O–H groups in total. The van der Waals surface area contributed by atoms with Gasteiger partial charge in [-0.15, -0.1) is 0 Å². The van der Waals surface area contributed by atoms with E-state index in [9.17, 15) is 8.78 Å². The van der Waals surface area contributed by atoms with E-state index in [1.807, 2.05) is 38.1 Å². The average Bonchev–Trinajstić information content (AvgIpc) is 2.90. The number of aryl methyl sites for hydroxylation is 1. The highest BCUT2D eigenvalue weighted by atomic mass is 32.2. The molecule has 0 atom stereocenters. The number of halogens is 2. The molecule has 208 valence electrons. The van der Waals surface area contributed by atoms with Crippen molar-refractivity contribution < 1.29 is 13.5 Å². The van der Waals surface area contributed by atoms with E-state index in [1.165, 1.54) is 24.9 Å². The number of nitrogens with zero attached hydrogens (tertiary/aromatic N) is 1. The molecule has 0 radical (unpaired) electrons. The van der Waals surface area contributed by atoms with E-state index in [4.69, 9.17) is 4.74 Å². The van der Waals surface area contributed by atoms with Crippen LogP contribution in [0.15, 0.2) is 89.0 Å². The molecular weight excluding hydrogens is 514 g/mol. The van der Waals surface area contributed by atoms with Crippen LogP contribution in [0.25, 0.3) is 11.4 Å². The van der Waals surface area contributed by atoms with Crippen LogP contribution in [0.5, 0.6) is 0 Å². The summed E-state index contributed by atoms with van der Waals surface area (Å²) in [5.74, 6) is -0.706. The smallest absolute Gasteiger partial charge is 0.227 e. The van der Waals surface area contributed by atoms with Crippen LogP contribution in [0.2, 0.25) is 0 Å². The van der Waals surface area contributed by atoms with Crippen LogP contribution in [0, 0.1) is 11.6 Å². The molecule has 0 aliphatic rings. The lowest BCUT2D eigenvalue weighted by atomic mass is 10.1. The lowest BCUT2D eigenvalue weighted by molar-refractivity contribution is 0.406. The van der Waals surface area contributed by atoms with Crippen molar-refractivity contribution in [3.05, 3.63) is 112 Å². The van der Waals surface area contributed by atoms with E-state index in [0.717, 1.165) is 42.2 Å². The van der Waals surface area contributed by atoms with Gasteiger partial charge in [-0.05, 0) is 49.9 Å². The monoisotopic (exact) mass is 552 g/mol. The Kier molecular flexibility index (Phi) is 12.1. The fourth-order valence-electron chi connectivity index (χ4n) is 3.45. The van der Waals surface area contributed by atoms with Crippen molar-refractivity contribution in [1.29, 1.82) is 0 Å². The van der Waals surface area contributed by atoms with Gasteiger partial charge in [0.05, 0.1) is 34.2 Å². The predicted octanol–water partition coefficient (Wildman–Crippen LogP) is 8.18. The molecule has 0 fully saturated rings. The molecule has 0 aromatic heterocycles. The highest BCUT2D eigenvalue weighted by molar-refractivity contribution is 8.07. The lowest BCUT2D eigenvalue weighted by Crippen LogP contribution is -2.24. The van der Waals surface area contributed by atoms with Gasteiger partial charge < -0.3 is 20.7 Å². The standard InChI is InChI=1S/C31H38F2N4OS/c1-10-15-34-22(7)37-23(8)39-30(19(3)4)31(38-9)36-21(6)26-17-29(28(33)18-27(26)32)35-20(5)25-14-12-13-24(11-2)16-25/h12-14,16-18,34-35,37H,5-8,10-11,15H2,1-4,9H3. The van der Waals surface area contributed by atoms with Gasteiger partial charge in [0.25, 0.3) is 0 Å². The summed E-state index contributed by atoms with van der Waals surface area (Å²) in [5.41, 5.74) is 3.46. The van der Waals surface area contributed by atoms with Crippen LogP contribution in [-0.4, -0.2) is 19.6 Å². The molecule has 0 saturated carbocycles. The molecule has 0 bridgehead atoms. The summed E-state index contributed by atoms with van der Waals surface area (Å²) >= 11 is 1.30. The maximum absolute atomic E-state index is 14.9. The van der Waals surface area contributed by atoms with Gasteiger partial charge in [0.15, 0.2) is 0 Å². The summed E-state index contributed by atoms with van der Waals surface area (Å²) in [6, 6.07) is 9.91. The predicted molar refractivity (Wildman–Crippen MR) is 164 cm³/mol. The minimum Gasteiger partial charge on any atom is -0.480 e. The average molecular weight is 553 g/mol. The summed E-state index contributed by atoms with van der Waals surface area (Å²) in [7, 11) is 1.47. The van der Waals surface area contributed by atoms with E-state index in [1.54, 1.807) is 0 Å². The zero-order valence-corrected chi connectivity index (χ0v) is 24.2. The van der Waals surface area contributed by atoms with Crippen LogP contribution in [0.3, 0.4) is 0 Å². The number of hydrogen-bond acceptors (Lipinski definition) is 6. The van der Waals surface area contributed by atoms with Gasteiger partial charge in [-0.3, -0.25) is 0 Å². The van der Waals surface area contributed by atoms with E-state index < -0.39 is 11.6 Å². The van der Waals surface area contributed by atoms with Crippen LogP contribution >= 0.6 is 11.8 Å². The number of nitrogens with one attached hydrogen (secondary N) is 3. The summed E-state index contributed by atoms with van der Waals surface area (Å²) < 4.78 is 35.2. The van der Waals surface area contributed by atoms with Crippen molar-refractivity contribution in [3.63, 3.8) is 0 Å². The molecule has 0 aliphatic heterocycles. The zero-order chi connectivity index (χ0) is 29.1. The second-order valence-electron chi connectivity index (χ2n) is 8.92. The minimum absolute atomic E-state index is 0.0239. The van der Waals surface area contributed by atoms with E-state index in [0.29, 0.717) is 21.5 Å². The number of ether oxygens (including phenoxy) is 1. The highest BCUT2D eigenvalue weighted by Gasteiger charge is 2.17. The van der Waals surface area contributed by atoms with Gasteiger partial charge in [-0.1, -0.05) is 75.7 Å². The Balaban J connectivity index is 2.31. The van der Waals surface area contributed by atoms with Gasteiger partial charge in [0.2, 0.25) is 5.90 Å². The lowest BCUT2D eigenvalue weighted by Gasteiger charge is -2.17. The molecule has 2 rings (SSSR count). The van der Waals surface area contributed by atoms with Gasteiger partial charge in [-0.2, -0.15) is 0 Å². The first kappa shape index (κ1) is 31.4. The summed E-state index contributed by atoms with van der Waals surface area (Å²) in [6.07, 6.45) is 1.81. The van der Waals surface area contributed by atoms with Gasteiger partial charge in [0, 0.05) is 23.9 Å². The van der Waals surface area contributed by atoms with Crippen LogP contribution in [-0.2, 0) is 11.2 Å². The van der Waals surface area contributed by atoms with Crippen molar-refractivity contribution in [1.82, 2.24) is 10.6 Å². The maximum Gasteiger partial charge on any atom is 0.227 e. The fourth-order valence-corrected chi connectivity index (χ4v) is 4.29. The number of allylic oxidation sites excluding steroid dienone is 1. The molecule has 2 aromatic carbocycles. The minimum atomic E-state index is -0.795. The SMILES string of the molecule is C=C(NCCC)NC(=C)SC(C(=NC(=C)c1cc(NC(=C)c2cccc(CC)c2)c(F)cc1F)OC)=C(C)C. The van der Waals surface area contributed by atoms with Gasteiger partial charge >= 0.3 is 0 Å². The normalized spacial score (nSPS) is 10.9. The number of aliphatic imine (C=N–C) groups is 1. The third-order valence-electron chi connectivity index (χ3n) is 5.52. The Morgan fingerprint density at radius 3 is 2.36 bits per heavy atom. The molecule has 39 heavy (non-hydrogen) atoms. The van der Waals surface area contributed by atoms with E-state index in [-0.39, 0.29) is 22.8 Å². The first-order chi connectivity index (χ1) is 18.5. The van der Waals surface area contributed by atoms with Gasteiger partial charge in [0.1, 0.15) is 11.6 Å². The second-order valence-corrected chi connectivity index (χ2v) is 10.0.